The molecule has 0 saturated heterocycles. The molecule has 0 aromatic heterocycles. The average molecular weight is 255 g/mol. The maximum Gasteiger partial charge on any atom is 0.223 e. The molecule has 2 rings (SSSR count). The number of nitrogens with one attached hydrogen (secondary N) is 1. The molecule has 1 amide bonds. The lowest BCUT2D eigenvalue weighted by atomic mass is 9.56. The summed E-state index contributed by atoms with van der Waals surface area (Å²) >= 11 is 0. The summed E-state index contributed by atoms with van der Waals surface area (Å²) in [5, 5.41) is 13.5. The second kappa shape index (κ2) is 4.82. The van der Waals surface area contributed by atoms with Gasteiger partial charge in [-0.25, -0.2) is 0 Å². The van der Waals surface area contributed by atoms with Gasteiger partial charge >= 0.3 is 0 Å². The van der Waals surface area contributed by atoms with Gasteiger partial charge in [0.05, 0.1) is 11.7 Å². The highest BCUT2D eigenvalue weighted by molar-refractivity contribution is 5.79. The number of hydrogen-bond acceptors (Lipinski definition) is 3. The monoisotopic (exact) mass is 255 g/mol. The molecule has 2 saturated carbocycles. The minimum Gasteiger partial charge on any atom is -0.387 e. The van der Waals surface area contributed by atoms with E-state index in [1.165, 1.54) is 0 Å². The Morgan fingerprint density at radius 3 is 2.56 bits per heavy atom. The second-order valence-electron chi connectivity index (χ2n) is 6.25. The van der Waals surface area contributed by atoms with Crippen molar-refractivity contribution in [2.24, 2.45) is 11.3 Å². The Morgan fingerprint density at radius 1 is 1.44 bits per heavy atom. The Hall–Kier alpha value is -0.610. The number of amides is 1. The standard InChI is InChI=1S/C14H25NO3/c1-4-18-11-8-14(17,13(11,2)3)9-15-12(16)10-6-5-7-10/h10-11,17H,4-9H2,1-3H3,(H,15,16)/t11-,14+/m0/s1. The van der Waals surface area contributed by atoms with E-state index in [0.717, 1.165) is 19.3 Å². The van der Waals surface area contributed by atoms with Crippen LogP contribution < -0.4 is 5.32 Å². The molecule has 0 spiro atoms. The van der Waals surface area contributed by atoms with Crippen molar-refractivity contribution in [3.05, 3.63) is 0 Å². The first-order valence-electron chi connectivity index (χ1n) is 7.02. The molecule has 2 fully saturated rings. The number of aliphatic hydroxyl groups is 1. The zero-order valence-corrected chi connectivity index (χ0v) is 11.7. The van der Waals surface area contributed by atoms with Crippen LogP contribution in [0.25, 0.3) is 0 Å². The van der Waals surface area contributed by atoms with Crippen LogP contribution in [0.3, 0.4) is 0 Å². The van der Waals surface area contributed by atoms with E-state index in [2.05, 4.69) is 5.32 Å². The third kappa shape index (κ3) is 2.16. The lowest BCUT2D eigenvalue weighted by Gasteiger charge is -2.58. The summed E-state index contributed by atoms with van der Waals surface area (Å²) < 4.78 is 5.60. The first-order valence-corrected chi connectivity index (χ1v) is 7.02. The van der Waals surface area contributed by atoms with Gasteiger partial charge in [-0.3, -0.25) is 4.79 Å². The molecular weight excluding hydrogens is 230 g/mol. The maximum absolute atomic E-state index is 11.8. The maximum atomic E-state index is 11.8. The summed E-state index contributed by atoms with van der Waals surface area (Å²) in [5.74, 6) is 0.282. The fourth-order valence-corrected chi connectivity index (χ4v) is 2.81. The van der Waals surface area contributed by atoms with E-state index in [4.69, 9.17) is 4.74 Å². The zero-order valence-electron chi connectivity index (χ0n) is 11.7. The largest absolute Gasteiger partial charge is 0.387 e. The Labute approximate surface area is 109 Å². The summed E-state index contributed by atoms with van der Waals surface area (Å²) in [5.41, 5.74) is -1.12. The van der Waals surface area contributed by atoms with Gasteiger partial charge in [-0.2, -0.15) is 0 Å². The summed E-state index contributed by atoms with van der Waals surface area (Å²) in [6, 6.07) is 0. The Balaban J connectivity index is 1.83. The molecule has 4 nitrogen and oxygen atoms in total. The topological polar surface area (TPSA) is 58.6 Å². The van der Waals surface area contributed by atoms with E-state index in [0.29, 0.717) is 19.6 Å². The SMILES string of the molecule is CCO[C@H]1C[C@@](O)(CNC(=O)C2CCC2)C1(C)C. The first kappa shape index (κ1) is 13.8. The van der Waals surface area contributed by atoms with Gasteiger partial charge in [0.15, 0.2) is 0 Å². The Bertz CT molecular complexity index is 325. The fourth-order valence-electron chi connectivity index (χ4n) is 2.81. The van der Waals surface area contributed by atoms with Crippen molar-refractivity contribution in [2.45, 2.75) is 58.2 Å². The lowest BCUT2D eigenvalue weighted by molar-refractivity contribution is -0.238. The molecule has 0 radical (unpaired) electrons. The van der Waals surface area contributed by atoms with Crippen LogP contribution >= 0.6 is 0 Å². The molecule has 2 aliphatic rings. The molecule has 0 unspecified atom stereocenters. The summed E-state index contributed by atoms with van der Waals surface area (Å²) in [7, 11) is 0. The van der Waals surface area contributed by atoms with Gasteiger partial charge in [0.2, 0.25) is 5.91 Å². The molecule has 2 atom stereocenters. The van der Waals surface area contributed by atoms with Crippen molar-refractivity contribution in [2.75, 3.05) is 13.2 Å². The summed E-state index contributed by atoms with van der Waals surface area (Å²) in [6.45, 7) is 6.99. The third-order valence-electron chi connectivity index (χ3n) is 4.93. The number of hydrogen-bond donors (Lipinski definition) is 2. The molecular formula is C14H25NO3. The van der Waals surface area contributed by atoms with E-state index >= 15 is 0 Å². The van der Waals surface area contributed by atoms with Crippen LogP contribution in [0, 0.1) is 11.3 Å². The highest BCUT2D eigenvalue weighted by atomic mass is 16.5. The molecule has 0 aromatic rings. The molecule has 2 aliphatic carbocycles. The van der Waals surface area contributed by atoms with E-state index in [-0.39, 0.29) is 23.3 Å². The molecule has 0 heterocycles. The predicted molar refractivity (Wildman–Crippen MR) is 69.1 cm³/mol. The van der Waals surface area contributed by atoms with Crippen LogP contribution in [-0.2, 0) is 9.53 Å². The van der Waals surface area contributed by atoms with E-state index in [1.54, 1.807) is 0 Å². The normalized spacial score (nSPS) is 34.6. The minimum atomic E-state index is -0.827. The van der Waals surface area contributed by atoms with Crippen molar-refractivity contribution >= 4 is 5.91 Å². The average Bonchev–Trinajstić information content (AvgIpc) is 2.23. The second-order valence-corrected chi connectivity index (χ2v) is 6.25. The van der Waals surface area contributed by atoms with Crippen LogP contribution in [-0.4, -0.2) is 35.9 Å². The lowest BCUT2D eigenvalue weighted by Crippen LogP contribution is -2.69. The van der Waals surface area contributed by atoms with Crippen LogP contribution in [0.5, 0.6) is 0 Å². The van der Waals surface area contributed by atoms with Gasteiger partial charge in [-0.1, -0.05) is 20.3 Å². The number of carbonyl (C=O) groups is 1. The van der Waals surface area contributed by atoms with Crippen LogP contribution in [0.2, 0.25) is 0 Å². The molecule has 18 heavy (non-hydrogen) atoms. The van der Waals surface area contributed by atoms with Crippen LogP contribution in [0.15, 0.2) is 0 Å². The number of rotatable bonds is 5. The van der Waals surface area contributed by atoms with Crippen molar-refractivity contribution < 1.29 is 14.6 Å². The molecule has 0 aromatic carbocycles. The fraction of sp³-hybridized carbons (Fsp3) is 0.929. The number of ether oxygens (including phenoxy) is 1. The highest BCUT2D eigenvalue weighted by Crippen LogP contribution is 2.51. The molecule has 0 aliphatic heterocycles. The molecule has 104 valence electrons. The van der Waals surface area contributed by atoms with Gasteiger partial charge in [0, 0.05) is 30.9 Å². The first-order chi connectivity index (χ1) is 8.40. The predicted octanol–water partition coefficient (Wildman–Crippen LogP) is 1.47. The molecule has 4 heteroatoms. The smallest absolute Gasteiger partial charge is 0.223 e. The van der Waals surface area contributed by atoms with Crippen molar-refractivity contribution in [1.29, 1.82) is 0 Å². The summed E-state index contributed by atoms with van der Waals surface area (Å²) in [6.07, 6.45) is 3.84. The Kier molecular flexibility index (Phi) is 3.70. The van der Waals surface area contributed by atoms with Crippen molar-refractivity contribution in [1.82, 2.24) is 5.32 Å². The summed E-state index contributed by atoms with van der Waals surface area (Å²) in [4.78, 5) is 11.8. The van der Waals surface area contributed by atoms with Crippen molar-refractivity contribution in [3.8, 4) is 0 Å². The third-order valence-corrected chi connectivity index (χ3v) is 4.93. The van der Waals surface area contributed by atoms with Crippen molar-refractivity contribution in [3.63, 3.8) is 0 Å². The molecule has 0 bridgehead atoms. The van der Waals surface area contributed by atoms with Gasteiger partial charge in [-0.15, -0.1) is 0 Å². The quantitative estimate of drug-likeness (QED) is 0.782. The van der Waals surface area contributed by atoms with E-state index < -0.39 is 5.60 Å². The minimum absolute atomic E-state index is 0.0908. The van der Waals surface area contributed by atoms with Gasteiger partial charge in [-0.05, 0) is 19.8 Å². The zero-order chi connectivity index (χ0) is 13.4. The van der Waals surface area contributed by atoms with Gasteiger partial charge in [0.1, 0.15) is 0 Å². The molecule has 2 N–H and O–H groups in total. The van der Waals surface area contributed by atoms with Crippen LogP contribution in [0.4, 0.5) is 0 Å². The van der Waals surface area contributed by atoms with E-state index in [9.17, 15) is 9.90 Å². The van der Waals surface area contributed by atoms with Gasteiger partial charge in [0.25, 0.3) is 0 Å². The van der Waals surface area contributed by atoms with Crippen LogP contribution in [0.1, 0.15) is 46.5 Å². The van der Waals surface area contributed by atoms with Gasteiger partial charge < -0.3 is 15.2 Å². The van der Waals surface area contributed by atoms with E-state index in [1.807, 2.05) is 20.8 Å². The number of carbonyl (C=O) groups excluding carboxylic acids is 1. The Morgan fingerprint density at radius 2 is 2.11 bits per heavy atom. The highest BCUT2D eigenvalue weighted by Gasteiger charge is 2.60.